The molecule has 0 amide bonds. The number of aromatic amines is 1. The Balaban J connectivity index is 1.43. The van der Waals surface area contributed by atoms with Gasteiger partial charge in [0.2, 0.25) is 5.95 Å². The Morgan fingerprint density at radius 2 is 1.76 bits per heavy atom. The van der Waals surface area contributed by atoms with Crippen LogP contribution in [0.2, 0.25) is 0 Å². The number of piperazine rings is 1. The van der Waals surface area contributed by atoms with E-state index in [4.69, 9.17) is 4.98 Å². The molecule has 0 radical (unpaired) electrons. The van der Waals surface area contributed by atoms with Gasteiger partial charge in [0.25, 0.3) is 0 Å². The van der Waals surface area contributed by atoms with Gasteiger partial charge in [-0.1, -0.05) is 25.7 Å². The van der Waals surface area contributed by atoms with Gasteiger partial charge in [0, 0.05) is 32.1 Å². The van der Waals surface area contributed by atoms with Crippen LogP contribution in [0.1, 0.15) is 56.7 Å². The van der Waals surface area contributed by atoms with Crippen molar-refractivity contribution in [2.45, 2.75) is 50.9 Å². The normalized spacial score (nSPS) is 33.7. The van der Waals surface area contributed by atoms with Gasteiger partial charge in [-0.05, 0) is 31.1 Å². The SMILES string of the molecule is C1CCC2CC(c3nc(N4CCNCC4)n[nH]3)CCC2C1. The van der Waals surface area contributed by atoms with Crippen LogP contribution in [-0.2, 0) is 0 Å². The van der Waals surface area contributed by atoms with Gasteiger partial charge in [-0.2, -0.15) is 4.98 Å². The minimum Gasteiger partial charge on any atom is -0.337 e. The van der Waals surface area contributed by atoms with E-state index in [0.717, 1.165) is 49.8 Å². The fourth-order valence-corrected chi connectivity index (χ4v) is 4.58. The molecule has 4 rings (SSSR count). The van der Waals surface area contributed by atoms with E-state index in [-0.39, 0.29) is 0 Å². The lowest BCUT2D eigenvalue weighted by atomic mass is 9.67. The van der Waals surface area contributed by atoms with E-state index in [9.17, 15) is 0 Å². The van der Waals surface area contributed by atoms with Crippen molar-refractivity contribution in [2.24, 2.45) is 11.8 Å². The van der Waals surface area contributed by atoms with Crippen LogP contribution in [0.25, 0.3) is 0 Å². The Hall–Kier alpha value is -1.10. The molecule has 3 aliphatic rings. The molecule has 0 aromatic carbocycles. The number of H-pyrrole nitrogens is 1. The van der Waals surface area contributed by atoms with Crippen molar-refractivity contribution in [1.29, 1.82) is 0 Å². The maximum absolute atomic E-state index is 4.83. The van der Waals surface area contributed by atoms with Crippen molar-refractivity contribution < 1.29 is 0 Å². The molecule has 21 heavy (non-hydrogen) atoms. The number of anilines is 1. The molecule has 1 aromatic heterocycles. The van der Waals surface area contributed by atoms with Gasteiger partial charge in [-0.25, -0.2) is 0 Å². The van der Waals surface area contributed by atoms with Crippen LogP contribution in [0.5, 0.6) is 0 Å². The highest BCUT2D eigenvalue weighted by Crippen LogP contribution is 2.45. The molecule has 0 bridgehead atoms. The minimum atomic E-state index is 0.619. The number of aromatic nitrogens is 3. The van der Waals surface area contributed by atoms with Crippen LogP contribution in [-0.4, -0.2) is 41.4 Å². The van der Waals surface area contributed by atoms with Crippen LogP contribution < -0.4 is 10.2 Å². The fraction of sp³-hybridized carbons (Fsp3) is 0.875. The summed E-state index contributed by atoms with van der Waals surface area (Å²) in [6, 6.07) is 0. The lowest BCUT2D eigenvalue weighted by molar-refractivity contribution is 0.153. The van der Waals surface area contributed by atoms with Gasteiger partial charge in [0.05, 0.1) is 0 Å². The Morgan fingerprint density at radius 1 is 0.952 bits per heavy atom. The highest BCUT2D eigenvalue weighted by molar-refractivity contribution is 5.30. The predicted molar refractivity (Wildman–Crippen MR) is 83.5 cm³/mol. The standard InChI is InChI=1S/C16H27N5/c1-2-4-13-11-14(6-5-12(13)3-1)15-18-16(20-19-15)21-9-7-17-8-10-21/h12-14,17H,1-11H2,(H,18,19,20). The molecule has 3 unspecified atom stereocenters. The summed E-state index contributed by atoms with van der Waals surface area (Å²) in [6.07, 6.45) is 9.86. The second-order valence-electron chi connectivity index (χ2n) is 7.07. The first-order valence-electron chi connectivity index (χ1n) is 8.78. The van der Waals surface area contributed by atoms with E-state index in [2.05, 4.69) is 20.4 Å². The van der Waals surface area contributed by atoms with Crippen molar-refractivity contribution >= 4 is 5.95 Å². The molecule has 5 nitrogen and oxygen atoms in total. The van der Waals surface area contributed by atoms with Crippen LogP contribution in [0.3, 0.4) is 0 Å². The van der Waals surface area contributed by atoms with Gasteiger partial charge < -0.3 is 10.2 Å². The van der Waals surface area contributed by atoms with E-state index in [1.165, 1.54) is 44.9 Å². The smallest absolute Gasteiger partial charge is 0.244 e. The third kappa shape index (κ3) is 2.80. The maximum Gasteiger partial charge on any atom is 0.244 e. The van der Waals surface area contributed by atoms with Crippen LogP contribution >= 0.6 is 0 Å². The Kier molecular flexibility index (Phi) is 3.84. The number of nitrogens with one attached hydrogen (secondary N) is 2. The number of hydrogen-bond donors (Lipinski definition) is 2. The fourth-order valence-electron chi connectivity index (χ4n) is 4.58. The summed E-state index contributed by atoms with van der Waals surface area (Å²) in [5, 5.41) is 11.1. The van der Waals surface area contributed by atoms with Crippen molar-refractivity contribution in [2.75, 3.05) is 31.1 Å². The lowest BCUT2D eigenvalue weighted by Gasteiger charge is -2.38. The summed E-state index contributed by atoms with van der Waals surface area (Å²) in [5.41, 5.74) is 0. The van der Waals surface area contributed by atoms with Gasteiger partial charge in [-0.15, -0.1) is 5.10 Å². The highest BCUT2D eigenvalue weighted by Gasteiger charge is 2.34. The summed E-state index contributed by atoms with van der Waals surface area (Å²) in [7, 11) is 0. The summed E-state index contributed by atoms with van der Waals surface area (Å²) >= 11 is 0. The first-order valence-corrected chi connectivity index (χ1v) is 8.78. The van der Waals surface area contributed by atoms with Crippen molar-refractivity contribution in [1.82, 2.24) is 20.5 Å². The van der Waals surface area contributed by atoms with Gasteiger partial charge in [-0.3, -0.25) is 5.10 Å². The third-order valence-electron chi connectivity index (χ3n) is 5.82. The zero-order chi connectivity index (χ0) is 14.1. The molecule has 1 saturated heterocycles. The van der Waals surface area contributed by atoms with Crippen LogP contribution in [0, 0.1) is 11.8 Å². The van der Waals surface area contributed by atoms with Crippen molar-refractivity contribution in [3.63, 3.8) is 0 Å². The zero-order valence-electron chi connectivity index (χ0n) is 12.9. The second-order valence-corrected chi connectivity index (χ2v) is 7.07. The highest BCUT2D eigenvalue weighted by atomic mass is 15.4. The van der Waals surface area contributed by atoms with Crippen LogP contribution in [0.15, 0.2) is 0 Å². The predicted octanol–water partition coefficient (Wildman–Crippen LogP) is 2.29. The van der Waals surface area contributed by atoms with Crippen LogP contribution in [0.4, 0.5) is 5.95 Å². The largest absolute Gasteiger partial charge is 0.337 e. The van der Waals surface area contributed by atoms with Crippen molar-refractivity contribution in [3.05, 3.63) is 5.82 Å². The molecule has 5 heteroatoms. The summed E-state index contributed by atoms with van der Waals surface area (Å²) in [6.45, 7) is 4.12. The van der Waals surface area contributed by atoms with E-state index in [1.807, 2.05) is 0 Å². The molecule has 2 saturated carbocycles. The molecule has 0 spiro atoms. The molecule has 3 fully saturated rings. The molecule has 2 N–H and O–H groups in total. The topological polar surface area (TPSA) is 56.8 Å². The monoisotopic (exact) mass is 289 g/mol. The van der Waals surface area contributed by atoms with Gasteiger partial charge >= 0.3 is 0 Å². The third-order valence-corrected chi connectivity index (χ3v) is 5.82. The van der Waals surface area contributed by atoms with E-state index in [1.54, 1.807) is 0 Å². The Bertz CT molecular complexity index is 465. The van der Waals surface area contributed by atoms with Crippen molar-refractivity contribution in [3.8, 4) is 0 Å². The average molecular weight is 289 g/mol. The molecular formula is C16H27N5. The summed E-state index contributed by atoms with van der Waals surface area (Å²) < 4.78 is 0. The van der Waals surface area contributed by atoms with Gasteiger partial charge in [0.15, 0.2) is 0 Å². The van der Waals surface area contributed by atoms with E-state index in [0.29, 0.717) is 5.92 Å². The molecule has 116 valence electrons. The minimum absolute atomic E-state index is 0.619. The molecule has 2 heterocycles. The molecule has 1 aromatic rings. The quantitative estimate of drug-likeness (QED) is 0.877. The zero-order valence-corrected chi connectivity index (χ0v) is 12.9. The van der Waals surface area contributed by atoms with E-state index < -0.39 is 0 Å². The molecule has 3 atom stereocenters. The van der Waals surface area contributed by atoms with E-state index >= 15 is 0 Å². The number of fused-ring (bicyclic) bond motifs is 1. The average Bonchev–Trinajstić information content (AvgIpc) is 3.05. The summed E-state index contributed by atoms with van der Waals surface area (Å²) in [5.74, 6) is 4.63. The van der Waals surface area contributed by atoms with Gasteiger partial charge in [0.1, 0.15) is 5.82 Å². The first-order chi connectivity index (χ1) is 10.4. The Morgan fingerprint density at radius 3 is 2.62 bits per heavy atom. The Labute approximate surface area is 126 Å². The number of nitrogens with zero attached hydrogens (tertiary/aromatic N) is 3. The summed E-state index contributed by atoms with van der Waals surface area (Å²) in [4.78, 5) is 7.12. The number of rotatable bonds is 2. The molecular weight excluding hydrogens is 262 g/mol. The first kappa shape index (κ1) is 13.6. The number of hydrogen-bond acceptors (Lipinski definition) is 4. The second kappa shape index (κ2) is 5.95. The maximum atomic E-state index is 4.83. The molecule has 2 aliphatic carbocycles. The lowest BCUT2D eigenvalue weighted by Crippen LogP contribution is -2.44. The molecule has 1 aliphatic heterocycles.